The van der Waals surface area contributed by atoms with Gasteiger partial charge in [-0.25, -0.2) is 4.57 Å². The molecular formula is C36H45N8O11PS. The first-order valence-corrected chi connectivity index (χ1v) is 20.8. The van der Waals surface area contributed by atoms with E-state index in [0.29, 0.717) is 24.0 Å². The van der Waals surface area contributed by atoms with E-state index in [1.807, 2.05) is 18.2 Å². The van der Waals surface area contributed by atoms with Crippen LogP contribution in [0.2, 0.25) is 0 Å². The lowest BCUT2D eigenvalue weighted by atomic mass is 9.80. The van der Waals surface area contributed by atoms with Crippen molar-refractivity contribution >= 4 is 71.8 Å². The molecule has 2 fully saturated rings. The number of phosphoric acid groups is 1. The van der Waals surface area contributed by atoms with E-state index in [1.54, 1.807) is 12.3 Å². The number of H-pyrrole nitrogens is 1. The Morgan fingerprint density at radius 1 is 0.825 bits per heavy atom. The second-order valence-corrected chi connectivity index (χ2v) is 16.2. The predicted octanol–water partition coefficient (Wildman–Crippen LogP) is -0.710. The van der Waals surface area contributed by atoms with E-state index in [0.717, 1.165) is 29.1 Å². The maximum Gasteiger partial charge on any atom is 0.524 e. The molecule has 306 valence electrons. The van der Waals surface area contributed by atoms with Gasteiger partial charge in [-0.3, -0.25) is 43.3 Å². The fraction of sp³-hybridized carbons (Fsp3) is 0.417. The first-order valence-electron chi connectivity index (χ1n) is 18.1. The Balaban J connectivity index is 1.48. The minimum Gasteiger partial charge on any atom is -0.404 e. The monoisotopic (exact) mass is 828 g/mol. The summed E-state index contributed by atoms with van der Waals surface area (Å²) < 4.78 is 15.9. The number of amides is 7. The highest BCUT2D eigenvalue weighted by atomic mass is 32.2. The van der Waals surface area contributed by atoms with Crippen LogP contribution in [-0.4, -0.2) is 97.3 Å². The number of hydrogen-bond donors (Lipinski definition) is 10. The van der Waals surface area contributed by atoms with Gasteiger partial charge < -0.3 is 47.6 Å². The summed E-state index contributed by atoms with van der Waals surface area (Å²) >= 11 is 0.941. The first kappa shape index (κ1) is 42.7. The van der Waals surface area contributed by atoms with Gasteiger partial charge in [0.2, 0.25) is 41.4 Å². The quantitative estimate of drug-likeness (QED) is 0.120. The number of fused-ring (bicyclic) bond motifs is 1. The number of para-hydroxylation sites is 1. The fourth-order valence-corrected chi connectivity index (χ4v) is 8.10. The second-order valence-electron chi connectivity index (χ2n) is 14.0. The van der Waals surface area contributed by atoms with Crippen LogP contribution in [0.15, 0.2) is 54.7 Å². The summed E-state index contributed by atoms with van der Waals surface area (Å²) in [5.41, 5.74) is 11.4. The van der Waals surface area contributed by atoms with E-state index in [4.69, 9.17) is 21.3 Å². The van der Waals surface area contributed by atoms with Gasteiger partial charge >= 0.3 is 7.82 Å². The molecule has 12 N–H and O–H groups in total. The highest BCUT2D eigenvalue weighted by Gasteiger charge is 2.44. The number of rotatable bonds is 9. The van der Waals surface area contributed by atoms with E-state index in [2.05, 4.69) is 36.1 Å². The average molecular weight is 829 g/mol. The number of nitrogens with two attached hydrogens (primary N) is 2. The lowest BCUT2D eigenvalue weighted by Gasteiger charge is -2.38. The molecule has 57 heavy (non-hydrogen) atoms. The van der Waals surface area contributed by atoms with Crippen LogP contribution in [0.4, 0.5) is 0 Å². The molecule has 1 aliphatic heterocycles. The van der Waals surface area contributed by atoms with Gasteiger partial charge in [-0.2, -0.15) is 0 Å². The molecule has 21 heteroatoms. The molecule has 0 unspecified atom stereocenters. The largest absolute Gasteiger partial charge is 0.524 e. The summed E-state index contributed by atoms with van der Waals surface area (Å²) in [6.45, 7) is 0. The number of carbonyl (C=O) groups excluding carboxylic acids is 7. The third-order valence-corrected chi connectivity index (χ3v) is 11.2. The minimum absolute atomic E-state index is 0.0827. The molecule has 5 rings (SSSR count). The van der Waals surface area contributed by atoms with Gasteiger partial charge in [-0.1, -0.05) is 49.6 Å². The smallest absolute Gasteiger partial charge is 0.404 e. The highest BCUT2D eigenvalue weighted by molar-refractivity contribution is 8.00. The Morgan fingerprint density at radius 2 is 1.49 bits per heavy atom. The number of benzene rings is 2. The van der Waals surface area contributed by atoms with Crippen molar-refractivity contribution in [3.05, 3.63) is 65.9 Å². The zero-order valence-corrected chi connectivity index (χ0v) is 32.4. The van der Waals surface area contributed by atoms with Crippen LogP contribution in [0.1, 0.15) is 49.7 Å². The Hall–Kier alpha value is -5.43. The molecule has 2 heterocycles. The Labute approximate surface area is 330 Å². The summed E-state index contributed by atoms with van der Waals surface area (Å²) in [5, 5.41) is 14.0. The van der Waals surface area contributed by atoms with Gasteiger partial charge in [-0.05, 0) is 42.2 Å². The zero-order valence-electron chi connectivity index (χ0n) is 30.7. The molecule has 3 aromatic rings. The van der Waals surface area contributed by atoms with Crippen molar-refractivity contribution in [3.63, 3.8) is 0 Å². The average Bonchev–Trinajstić information content (AvgIpc) is 3.56. The standard InChI is InChI=1S/C36H45N8O11PS/c37-29(45)16-27-33(49)41-26(15-21-17-39-24-7-3-2-6-23(21)24)32(48)42-28(31(38)47)18-57-19-30(46)40-25(14-20-8-10-22(11-9-20)55-56(52,53)54)34(50)44-36(35(51)43-27)12-4-1-5-13-36/h2-3,6-11,17,25-28,39H,1,4-5,12-16,18-19H2,(H2,37,45)(H2,38,47)(H,40,46)(H,41,49)(H,42,48)(H,43,51)(H,44,50)(H2,52,53,54)/t25-,26-,27-,28-/m0/s1. The molecule has 2 aliphatic rings. The van der Waals surface area contributed by atoms with E-state index in [-0.39, 0.29) is 42.9 Å². The van der Waals surface area contributed by atoms with Gasteiger partial charge in [0, 0.05) is 35.7 Å². The number of phosphoric ester groups is 1. The Bertz CT molecular complexity index is 2050. The molecule has 1 aromatic heterocycles. The number of nitrogens with one attached hydrogen (secondary N) is 6. The molecule has 7 amide bonds. The summed E-state index contributed by atoms with van der Waals surface area (Å²) in [6, 6.07) is 7.13. The Kier molecular flexibility index (Phi) is 14.0. The maximum absolute atomic E-state index is 14.3. The SMILES string of the molecule is NC(=O)C[C@@H]1NC(=O)C2(CCCCC2)NC(=O)[C@H](Cc2ccc(OP(=O)(O)O)cc2)NC(=O)CSC[C@@H](C(N)=O)NC(=O)[C@H](Cc2c[nH]c3ccccc23)NC1=O. The number of aromatic amines is 1. The van der Waals surface area contributed by atoms with E-state index in [1.165, 1.54) is 24.3 Å². The Morgan fingerprint density at radius 3 is 2.16 bits per heavy atom. The van der Waals surface area contributed by atoms with Crippen molar-refractivity contribution in [2.75, 3.05) is 11.5 Å². The van der Waals surface area contributed by atoms with Crippen LogP contribution in [0.25, 0.3) is 10.9 Å². The number of aromatic nitrogens is 1. The predicted molar refractivity (Wildman–Crippen MR) is 207 cm³/mol. The fourth-order valence-electron chi connectivity index (χ4n) is 6.84. The number of hydrogen-bond acceptors (Lipinski definition) is 10. The molecule has 1 spiro atoms. The van der Waals surface area contributed by atoms with Gasteiger partial charge in [-0.15, -0.1) is 11.8 Å². The summed E-state index contributed by atoms with van der Waals surface area (Å²) in [5.74, 6) is -6.37. The van der Waals surface area contributed by atoms with Gasteiger partial charge in [0.15, 0.2) is 0 Å². The van der Waals surface area contributed by atoms with E-state index < -0.39 is 85.3 Å². The number of carbonyl (C=O) groups is 7. The van der Waals surface area contributed by atoms with Gasteiger partial charge in [0.25, 0.3) is 0 Å². The molecule has 1 saturated heterocycles. The van der Waals surface area contributed by atoms with E-state index in [9.17, 15) is 38.1 Å². The van der Waals surface area contributed by atoms with Crippen LogP contribution in [0.5, 0.6) is 5.75 Å². The topological polar surface area (TPSA) is 314 Å². The molecule has 0 bridgehead atoms. The molecule has 19 nitrogen and oxygen atoms in total. The third-order valence-electron chi connectivity index (χ3n) is 9.68. The van der Waals surface area contributed by atoms with Crippen molar-refractivity contribution in [2.45, 2.75) is 81.1 Å². The normalized spacial score (nSPS) is 22.9. The lowest BCUT2D eigenvalue weighted by molar-refractivity contribution is -0.139. The molecule has 0 radical (unpaired) electrons. The second kappa shape index (κ2) is 18.7. The van der Waals surface area contributed by atoms with Crippen molar-refractivity contribution in [3.8, 4) is 5.75 Å². The van der Waals surface area contributed by atoms with E-state index >= 15 is 0 Å². The zero-order chi connectivity index (χ0) is 41.3. The molecule has 1 saturated carbocycles. The van der Waals surface area contributed by atoms with Crippen molar-refractivity contribution < 1.29 is 52.4 Å². The van der Waals surface area contributed by atoms with Crippen LogP contribution >= 0.6 is 19.6 Å². The molecule has 1 aliphatic carbocycles. The molecule has 2 aromatic carbocycles. The van der Waals surface area contributed by atoms with Crippen LogP contribution in [0, 0.1) is 0 Å². The first-order chi connectivity index (χ1) is 27.0. The van der Waals surface area contributed by atoms with Crippen molar-refractivity contribution in [1.82, 2.24) is 31.6 Å². The third kappa shape index (κ3) is 11.8. The van der Waals surface area contributed by atoms with Gasteiger partial charge in [0.1, 0.15) is 35.5 Å². The lowest BCUT2D eigenvalue weighted by Crippen LogP contribution is -2.66. The van der Waals surface area contributed by atoms with Gasteiger partial charge in [0.05, 0.1) is 12.2 Å². The van der Waals surface area contributed by atoms with Crippen molar-refractivity contribution in [2.24, 2.45) is 11.5 Å². The summed E-state index contributed by atoms with van der Waals surface area (Å²) in [7, 11) is -4.84. The summed E-state index contributed by atoms with van der Waals surface area (Å²) in [4.78, 5) is 116. The van der Waals surface area contributed by atoms with Crippen LogP contribution in [0.3, 0.4) is 0 Å². The van der Waals surface area contributed by atoms with Crippen molar-refractivity contribution in [1.29, 1.82) is 0 Å². The maximum atomic E-state index is 14.3. The minimum atomic E-state index is -4.84. The highest BCUT2D eigenvalue weighted by Crippen LogP contribution is 2.37. The van der Waals surface area contributed by atoms with Crippen LogP contribution in [-0.2, 0) is 51.0 Å². The summed E-state index contributed by atoms with van der Waals surface area (Å²) in [6.07, 6.45) is 2.86. The number of primary amides is 2. The molecule has 4 atom stereocenters. The number of thioether (sulfide) groups is 1. The molecular weight excluding hydrogens is 783 g/mol. The van der Waals surface area contributed by atoms with Crippen LogP contribution < -0.4 is 42.6 Å².